The Morgan fingerprint density at radius 1 is 1.13 bits per heavy atom. The molecule has 0 saturated carbocycles. The highest BCUT2D eigenvalue weighted by Crippen LogP contribution is 2.22. The number of nitrogens with zero attached hydrogens (tertiary/aromatic N) is 1. The largest absolute Gasteiger partial charge is 0.423 e. The molecule has 0 aliphatic carbocycles. The molecule has 1 aromatic heterocycles. The number of nitrogens with one attached hydrogen (secondary N) is 1. The molecule has 1 N–H and O–H groups in total. The van der Waals surface area contributed by atoms with Gasteiger partial charge in [-0.25, -0.2) is 13.2 Å². The quantitative estimate of drug-likeness (QED) is 0.824. The van der Waals surface area contributed by atoms with Crippen LogP contribution >= 0.6 is 12.4 Å². The van der Waals surface area contributed by atoms with Crippen molar-refractivity contribution in [3.63, 3.8) is 0 Å². The van der Waals surface area contributed by atoms with Gasteiger partial charge in [0.2, 0.25) is 10.0 Å². The van der Waals surface area contributed by atoms with Gasteiger partial charge in [-0.05, 0) is 38.1 Å². The van der Waals surface area contributed by atoms with E-state index in [0.717, 1.165) is 0 Å². The van der Waals surface area contributed by atoms with Gasteiger partial charge in [-0.3, -0.25) is 0 Å². The van der Waals surface area contributed by atoms with Crippen molar-refractivity contribution in [2.45, 2.75) is 30.8 Å². The van der Waals surface area contributed by atoms with Gasteiger partial charge in [-0.15, -0.1) is 12.4 Å². The molecule has 1 saturated heterocycles. The van der Waals surface area contributed by atoms with E-state index in [1.165, 1.54) is 22.5 Å². The van der Waals surface area contributed by atoms with Gasteiger partial charge in [0.15, 0.2) is 0 Å². The number of sulfonamides is 1. The monoisotopic (exact) mass is 358 g/mol. The van der Waals surface area contributed by atoms with Gasteiger partial charge >= 0.3 is 5.63 Å². The minimum Gasteiger partial charge on any atom is -0.423 e. The molecule has 8 heteroatoms. The van der Waals surface area contributed by atoms with Crippen molar-refractivity contribution in [2.24, 2.45) is 0 Å². The van der Waals surface area contributed by atoms with Crippen molar-refractivity contribution in [1.29, 1.82) is 0 Å². The highest BCUT2D eigenvalue weighted by atomic mass is 35.5. The third-order valence-corrected chi connectivity index (χ3v) is 5.58. The molecule has 3 rings (SSSR count). The average Bonchev–Trinajstić information content (AvgIpc) is 2.45. The first-order valence-corrected chi connectivity index (χ1v) is 8.60. The number of hydrogen-bond donors (Lipinski definition) is 1. The molecule has 2 atom stereocenters. The second-order valence-corrected chi connectivity index (χ2v) is 7.68. The van der Waals surface area contributed by atoms with E-state index >= 15 is 0 Å². The summed E-state index contributed by atoms with van der Waals surface area (Å²) in [5.41, 5.74) is -0.0682. The number of fused-ring (bicyclic) bond motifs is 1. The Kier molecular flexibility index (Phi) is 5.15. The second-order valence-electron chi connectivity index (χ2n) is 5.74. The molecule has 1 fully saturated rings. The van der Waals surface area contributed by atoms with Gasteiger partial charge in [0.05, 0.1) is 4.90 Å². The van der Waals surface area contributed by atoms with Crippen LogP contribution in [0.4, 0.5) is 0 Å². The Labute approximate surface area is 140 Å². The average molecular weight is 359 g/mol. The third kappa shape index (κ3) is 3.58. The lowest BCUT2D eigenvalue weighted by Gasteiger charge is -2.35. The summed E-state index contributed by atoms with van der Waals surface area (Å²) in [6.07, 6.45) is 0. The molecule has 1 aromatic carbocycles. The normalized spacial score (nSPS) is 22.7. The molecule has 2 aromatic rings. The van der Waals surface area contributed by atoms with E-state index in [1.54, 1.807) is 12.1 Å². The maximum absolute atomic E-state index is 12.8. The van der Waals surface area contributed by atoms with Crippen LogP contribution in [0.5, 0.6) is 0 Å². The fraction of sp³-hybridized carbons (Fsp3) is 0.400. The van der Waals surface area contributed by atoms with Crippen molar-refractivity contribution >= 4 is 33.4 Å². The zero-order valence-electron chi connectivity index (χ0n) is 12.9. The first kappa shape index (κ1) is 17.9. The molecular weight excluding hydrogens is 340 g/mol. The van der Waals surface area contributed by atoms with Crippen molar-refractivity contribution in [1.82, 2.24) is 9.62 Å². The lowest BCUT2D eigenvalue weighted by molar-refractivity contribution is 0.263. The zero-order chi connectivity index (χ0) is 15.9. The van der Waals surface area contributed by atoms with Gasteiger partial charge < -0.3 is 9.73 Å². The maximum Gasteiger partial charge on any atom is 0.336 e. The number of halogens is 1. The fourth-order valence-corrected chi connectivity index (χ4v) is 4.49. The highest BCUT2D eigenvalue weighted by Gasteiger charge is 2.31. The topological polar surface area (TPSA) is 79.6 Å². The predicted molar refractivity (Wildman–Crippen MR) is 90.6 cm³/mol. The van der Waals surface area contributed by atoms with Gasteiger partial charge in [0, 0.05) is 36.6 Å². The highest BCUT2D eigenvalue weighted by molar-refractivity contribution is 7.89. The van der Waals surface area contributed by atoms with Crippen LogP contribution in [0.25, 0.3) is 11.0 Å². The van der Waals surface area contributed by atoms with E-state index in [2.05, 4.69) is 5.32 Å². The summed E-state index contributed by atoms with van der Waals surface area (Å²) in [5.74, 6) is 0. The summed E-state index contributed by atoms with van der Waals surface area (Å²) in [7, 11) is -3.56. The van der Waals surface area contributed by atoms with E-state index in [9.17, 15) is 13.2 Å². The number of piperazine rings is 1. The molecule has 126 valence electrons. The summed E-state index contributed by atoms with van der Waals surface area (Å²) in [6, 6.07) is 7.63. The molecule has 1 aliphatic heterocycles. The second kappa shape index (κ2) is 6.60. The molecule has 6 nitrogen and oxygen atoms in total. The minimum atomic E-state index is -3.56. The van der Waals surface area contributed by atoms with E-state index in [-0.39, 0.29) is 29.4 Å². The SMILES string of the molecule is CC1CN(S(=O)(=O)c2ccc3oc(=O)ccc3c2)CC(C)N1.Cl. The van der Waals surface area contributed by atoms with Crippen molar-refractivity contribution in [3.8, 4) is 0 Å². The maximum atomic E-state index is 12.8. The van der Waals surface area contributed by atoms with Crippen molar-refractivity contribution in [2.75, 3.05) is 13.1 Å². The molecule has 0 bridgehead atoms. The Balaban J connectivity index is 0.00000192. The van der Waals surface area contributed by atoms with E-state index < -0.39 is 15.6 Å². The first-order valence-electron chi connectivity index (χ1n) is 7.16. The van der Waals surface area contributed by atoms with E-state index in [4.69, 9.17) is 4.42 Å². The van der Waals surface area contributed by atoms with Crippen molar-refractivity contribution < 1.29 is 12.8 Å². The zero-order valence-corrected chi connectivity index (χ0v) is 14.5. The Morgan fingerprint density at radius 3 is 2.43 bits per heavy atom. The van der Waals surface area contributed by atoms with Crippen LogP contribution in [-0.2, 0) is 10.0 Å². The van der Waals surface area contributed by atoms with Crippen LogP contribution in [0.15, 0.2) is 44.4 Å². The summed E-state index contributed by atoms with van der Waals surface area (Å²) in [6.45, 7) is 4.81. The predicted octanol–water partition coefficient (Wildman–Crippen LogP) is 1.59. The number of rotatable bonds is 2. The smallest absolute Gasteiger partial charge is 0.336 e. The number of benzene rings is 1. The molecule has 2 heterocycles. The fourth-order valence-electron chi connectivity index (χ4n) is 2.83. The van der Waals surface area contributed by atoms with E-state index in [0.29, 0.717) is 24.1 Å². The molecule has 2 unspecified atom stereocenters. The molecular formula is C15H19ClN2O4S. The minimum absolute atomic E-state index is 0. The van der Waals surface area contributed by atoms with Crippen LogP contribution in [-0.4, -0.2) is 37.9 Å². The summed E-state index contributed by atoms with van der Waals surface area (Å²) in [4.78, 5) is 11.4. The van der Waals surface area contributed by atoms with Crippen LogP contribution in [0.2, 0.25) is 0 Å². The van der Waals surface area contributed by atoms with Gasteiger partial charge in [-0.2, -0.15) is 4.31 Å². The van der Waals surface area contributed by atoms with E-state index in [1.807, 2.05) is 13.8 Å². The van der Waals surface area contributed by atoms with Crippen molar-refractivity contribution in [3.05, 3.63) is 40.8 Å². The Bertz CT molecular complexity index is 855. The molecule has 1 aliphatic rings. The van der Waals surface area contributed by atoms with Crippen LogP contribution in [0, 0.1) is 0 Å². The standard InChI is InChI=1S/C15H18N2O4S.ClH/c1-10-8-17(9-11(2)16-10)22(19,20)13-4-5-14-12(7-13)3-6-15(18)21-14;/h3-7,10-11,16H,8-9H2,1-2H3;1H. The van der Waals surface area contributed by atoms with Crippen LogP contribution in [0.1, 0.15) is 13.8 Å². The molecule has 0 spiro atoms. The van der Waals surface area contributed by atoms with Gasteiger partial charge in [0.25, 0.3) is 0 Å². The summed E-state index contributed by atoms with van der Waals surface area (Å²) < 4.78 is 32.1. The van der Waals surface area contributed by atoms with Gasteiger partial charge in [-0.1, -0.05) is 0 Å². The molecule has 0 amide bonds. The lowest BCUT2D eigenvalue weighted by Crippen LogP contribution is -2.55. The Morgan fingerprint density at radius 2 is 1.78 bits per heavy atom. The Hall–Kier alpha value is -1.41. The van der Waals surface area contributed by atoms with Crippen LogP contribution in [0.3, 0.4) is 0 Å². The summed E-state index contributed by atoms with van der Waals surface area (Å²) >= 11 is 0. The first-order chi connectivity index (χ1) is 10.4. The summed E-state index contributed by atoms with van der Waals surface area (Å²) in [5, 5.41) is 3.91. The van der Waals surface area contributed by atoms with Gasteiger partial charge in [0.1, 0.15) is 5.58 Å². The molecule has 0 radical (unpaired) electrons. The lowest BCUT2D eigenvalue weighted by atomic mass is 10.2. The number of hydrogen-bond acceptors (Lipinski definition) is 5. The molecule has 23 heavy (non-hydrogen) atoms. The van der Waals surface area contributed by atoms with Crippen LogP contribution < -0.4 is 10.9 Å². The third-order valence-electron chi connectivity index (χ3n) is 3.75.